The lowest BCUT2D eigenvalue weighted by atomic mass is 9.99. The van der Waals surface area contributed by atoms with Gasteiger partial charge in [-0.05, 0) is 24.6 Å². The van der Waals surface area contributed by atoms with Crippen molar-refractivity contribution in [1.82, 2.24) is 0 Å². The van der Waals surface area contributed by atoms with Crippen molar-refractivity contribution in [2.75, 3.05) is 0 Å². The Morgan fingerprint density at radius 3 is 2.64 bits per heavy atom. The van der Waals surface area contributed by atoms with Crippen LogP contribution in [-0.4, -0.2) is 11.1 Å². The Morgan fingerprint density at radius 1 is 1.50 bits per heavy atom. The quantitative estimate of drug-likeness (QED) is 0.814. The van der Waals surface area contributed by atoms with Crippen LogP contribution in [0.4, 0.5) is 8.78 Å². The number of alkyl halides is 1. The Morgan fingerprint density at radius 2 is 2.14 bits per heavy atom. The van der Waals surface area contributed by atoms with Crippen LogP contribution in [0.2, 0.25) is 0 Å². The smallest absolute Gasteiger partial charge is 0.309 e. The second kappa shape index (κ2) is 4.17. The summed E-state index contributed by atoms with van der Waals surface area (Å²) in [5.74, 6) is -2.97. The molecule has 0 saturated carbocycles. The molecule has 0 heterocycles. The SMILES string of the molecule is CC(C(=O)O)C(F)c1cccc(F)c1. The van der Waals surface area contributed by atoms with Gasteiger partial charge in [0.05, 0.1) is 5.92 Å². The van der Waals surface area contributed by atoms with E-state index in [9.17, 15) is 13.6 Å². The number of carbonyl (C=O) groups is 1. The molecular formula is C10H10F2O2. The minimum absolute atomic E-state index is 0.0555. The van der Waals surface area contributed by atoms with Gasteiger partial charge in [0.25, 0.3) is 0 Å². The molecule has 1 rings (SSSR count). The van der Waals surface area contributed by atoms with Crippen molar-refractivity contribution >= 4 is 5.97 Å². The maximum Gasteiger partial charge on any atom is 0.309 e. The summed E-state index contributed by atoms with van der Waals surface area (Å²) in [6, 6.07) is 4.91. The summed E-state index contributed by atoms with van der Waals surface area (Å²) >= 11 is 0. The van der Waals surface area contributed by atoms with Crippen LogP contribution >= 0.6 is 0 Å². The first kappa shape index (κ1) is 10.6. The first-order valence-electron chi connectivity index (χ1n) is 4.14. The van der Waals surface area contributed by atoms with Gasteiger partial charge < -0.3 is 5.11 Å². The maximum absolute atomic E-state index is 13.4. The molecule has 0 amide bonds. The molecule has 1 N–H and O–H groups in total. The predicted octanol–water partition coefficient (Wildman–Crippen LogP) is 2.56. The Kier molecular flexibility index (Phi) is 3.17. The maximum atomic E-state index is 13.4. The highest BCUT2D eigenvalue weighted by molar-refractivity contribution is 5.70. The number of carboxylic acids is 1. The van der Waals surface area contributed by atoms with Gasteiger partial charge >= 0.3 is 5.97 Å². The van der Waals surface area contributed by atoms with Crippen LogP contribution in [0.3, 0.4) is 0 Å². The molecule has 14 heavy (non-hydrogen) atoms. The summed E-state index contributed by atoms with van der Waals surface area (Å²) in [6.07, 6.45) is -1.68. The van der Waals surface area contributed by atoms with E-state index in [1.54, 1.807) is 0 Å². The zero-order valence-electron chi connectivity index (χ0n) is 7.58. The summed E-state index contributed by atoms with van der Waals surface area (Å²) < 4.78 is 26.1. The molecule has 0 aromatic heterocycles. The average molecular weight is 200 g/mol. The molecular weight excluding hydrogens is 190 g/mol. The highest BCUT2D eigenvalue weighted by Gasteiger charge is 2.24. The number of carboxylic acid groups (broad SMARTS) is 1. The lowest BCUT2D eigenvalue weighted by Gasteiger charge is -2.12. The average Bonchev–Trinajstić information content (AvgIpc) is 2.15. The van der Waals surface area contributed by atoms with Gasteiger partial charge in [0.2, 0.25) is 0 Å². The summed E-state index contributed by atoms with van der Waals surface area (Å²) in [4.78, 5) is 10.5. The highest BCUT2D eigenvalue weighted by Crippen LogP contribution is 2.26. The van der Waals surface area contributed by atoms with E-state index >= 15 is 0 Å². The second-order valence-electron chi connectivity index (χ2n) is 3.08. The van der Waals surface area contributed by atoms with Crippen molar-refractivity contribution < 1.29 is 18.7 Å². The Bertz CT molecular complexity index is 339. The number of benzene rings is 1. The van der Waals surface area contributed by atoms with Gasteiger partial charge in [0.15, 0.2) is 0 Å². The van der Waals surface area contributed by atoms with Gasteiger partial charge in [0, 0.05) is 0 Å². The van der Waals surface area contributed by atoms with Gasteiger partial charge in [-0.1, -0.05) is 12.1 Å². The van der Waals surface area contributed by atoms with Gasteiger partial charge in [-0.25, -0.2) is 8.78 Å². The lowest BCUT2D eigenvalue weighted by molar-refractivity contribution is -0.143. The molecule has 0 saturated heterocycles. The largest absolute Gasteiger partial charge is 0.481 e. The predicted molar refractivity (Wildman–Crippen MR) is 47.0 cm³/mol. The topological polar surface area (TPSA) is 37.3 Å². The summed E-state index contributed by atoms with van der Waals surface area (Å²) in [7, 11) is 0. The number of halogens is 2. The molecule has 0 aliphatic carbocycles. The van der Waals surface area contributed by atoms with Crippen molar-refractivity contribution in [3.05, 3.63) is 35.6 Å². The first-order valence-corrected chi connectivity index (χ1v) is 4.14. The van der Waals surface area contributed by atoms with Gasteiger partial charge in [-0.3, -0.25) is 4.79 Å². The fourth-order valence-corrected chi connectivity index (χ4v) is 1.09. The normalized spacial score (nSPS) is 14.8. The molecule has 1 aromatic rings. The van der Waals surface area contributed by atoms with Crippen LogP contribution in [0.5, 0.6) is 0 Å². The van der Waals surface area contributed by atoms with E-state index in [4.69, 9.17) is 5.11 Å². The number of hydrogen-bond donors (Lipinski definition) is 1. The van der Waals surface area contributed by atoms with E-state index in [0.717, 1.165) is 6.07 Å². The molecule has 0 fully saturated rings. The molecule has 2 unspecified atom stereocenters. The molecule has 4 heteroatoms. The minimum atomic E-state index is -1.68. The molecule has 76 valence electrons. The van der Waals surface area contributed by atoms with Crippen LogP contribution in [0, 0.1) is 11.7 Å². The fraction of sp³-hybridized carbons (Fsp3) is 0.300. The standard InChI is InChI=1S/C10H10F2O2/c1-6(10(13)14)9(12)7-3-2-4-8(11)5-7/h2-6,9H,1H3,(H,13,14). The third-order valence-electron chi connectivity index (χ3n) is 2.00. The monoisotopic (exact) mass is 200 g/mol. The number of hydrogen-bond acceptors (Lipinski definition) is 1. The van der Waals surface area contributed by atoms with Crippen molar-refractivity contribution in [3.8, 4) is 0 Å². The summed E-state index contributed by atoms with van der Waals surface area (Å²) in [5, 5.41) is 8.55. The van der Waals surface area contributed by atoms with Crippen molar-refractivity contribution in [2.45, 2.75) is 13.1 Å². The van der Waals surface area contributed by atoms with E-state index < -0.39 is 23.9 Å². The Hall–Kier alpha value is -1.45. The Labute approximate surface area is 80.2 Å². The number of rotatable bonds is 3. The molecule has 0 aliphatic heterocycles. The van der Waals surface area contributed by atoms with E-state index in [1.165, 1.54) is 25.1 Å². The Balaban J connectivity index is 2.89. The summed E-state index contributed by atoms with van der Waals surface area (Å²) in [5.41, 5.74) is 0.0555. The van der Waals surface area contributed by atoms with Gasteiger partial charge in [-0.2, -0.15) is 0 Å². The van der Waals surface area contributed by atoms with Crippen LogP contribution < -0.4 is 0 Å². The van der Waals surface area contributed by atoms with E-state index in [1.807, 2.05) is 0 Å². The molecule has 0 radical (unpaired) electrons. The van der Waals surface area contributed by atoms with Crippen molar-refractivity contribution in [1.29, 1.82) is 0 Å². The van der Waals surface area contributed by atoms with E-state index in [0.29, 0.717) is 0 Å². The molecule has 0 aliphatic rings. The van der Waals surface area contributed by atoms with Gasteiger partial charge in [0.1, 0.15) is 12.0 Å². The van der Waals surface area contributed by atoms with E-state index in [-0.39, 0.29) is 5.56 Å². The first-order chi connectivity index (χ1) is 6.52. The zero-order valence-corrected chi connectivity index (χ0v) is 7.58. The third-order valence-corrected chi connectivity index (χ3v) is 2.00. The highest BCUT2D eigenvalue weighted by atomic mass is 19.1. The van der Waals surface area contributed by atoms with Crippen LogP contribution in [0.1, 0.15) is 18.7 Å². The third kappa shape index (κ3) is 2.28. The summed E-state index contributed by atoms with van der Waals surface area (Å²) in [6.45, 7) is 1.25. The van der Waals surface area contributed by atoms with E-state index in [2.05, 4.69) is 0 Å². The molecule has 0 spiro atoms. The number of aliphatic carboxylic acids is 1. The van der Waals surface area contributed by atoms with Gasteiger partial charge in [-0.15, -0.1) is 0 Å². The molecule has 2 atom stereocenters. The lowest BCUT2D eigenvalue weighted by Crippen LogP contribution is -2.15. The molecule has 0 bridgehead atoms. The van der Waals surface area contributed by atoms with Crippen LogP contribution in [0.15, 0.2) is 24.3 Å². The van der Waals surface area contributed by atoms with Crippen LogP contribution in [0.25, 0.3) is 0 Å². The molecule has 1 aromatic carbocycles. The minimum Gasteiger partial charge on any atom is -0.481 e. The molecule has 2 nitrogen and oxygen atoms in total. The van der Waals surface area contributed by atoms with Crippen molar-refractivity contribution in [2.24, 2.45) is 5.92 Å². The van der Waals surface area contributed by atoms with Crippen molar-refractivity contribution in [3.63, 3.8) is 0 Å². The van der Waals surface area contributed by atoms with Crippen LogP contribution in [-0.2, 0) is 4.79 Å². The zero-order chi connectivity index (χ0) is 10.7. The second-order valence-corrected chi connectivity index (χ2v) is 3.08. The fourth-order valence-electron chi connectivity index (χ4n) is 1.09.